The first-order valence-corrected chi connectivity index (χ1v) is 7.89. The molecular formula is C16H23N3O3. The van der Waals surface area contributed by atoms with E-state index >= 15 is 0 Å². The largest absolute Gasteiger partial charge is 0.481 e. The molecule has 1 N–H and O–H groups in total. The van der Waals surface area contributed by atoms with Crippen LogP contribution in [0.15, 0.2) is 11.8 Å². The second-order valence-electron chi connectivity index (χ2n) is 6.30. The van der Waals surface area contributed by atoms with E-state index in [-0.39, 0.29) is 17.4 Å². The molecule has 22 heavy (non-hydrogen) atoms. The van der Waals surface area contributed by atoms with Crippen molar-refractivity contribution in [2.24, 2.45) is 11.8 Å². The van der Waals surface area contributed by atoms with Gasteiger partial charge in [-0.25, -0.2) is 0 Å². The van der Waals surface area contributed by atoms with E-state index in [4.69, 9.17) is 5.11 Å². The van der Waals surface area contributed by atoms with Crippen LogP contribution in [-0.2, 0) is 9.59 Å². The van der Waals surface area contributed by atoms with E-state index in [1.807, 2.05) is 6.07 Å². The molecular weight excluding hydrogens is 282 g/mol. The third kappa shape index (κ3) is 4.00. The summed E-state index contributed by atoms with van der Waals surface area (Å²) in [7, 11) is 0. The number of nitrogens with zero attached hydrogens (tertiary/aromatic N) is 3. The van der Waals surface area contributed by atoms with Crippen molar-refractivity contribution in [3.63, 3.8) is 0 Å². The summed E-state index contributed by atoms with van der Waals surface area (Å²) in [6, 6.07) is 2.01. The number of nitriles is 1. The number of amides is 1. The van der Waals surface area contributed by atoms with Gasteiger partial charge in [0.15, 0.2) is 0 Å². The van der Waals surface area contributed by atoms with E-state index in [0.717, 1.165) is 19.5 Å². The van der Waals surface area contributed by atoms with Crippen molar-refractivity contribution < 1.29 is 14.7 Å². The van der Waals surface area contributed by atoms with E-state index in [9.17, 15) is 14.9 Å². The highest BCUT2D eigenvalue weighted by molar-refractivity contribution is 5.97. The predicted molar refractivity (Wildman–Crippen MR) is 80.6 cm³/mol. The third-order valence-corrected chi connectivity index (χ3v) is 4.48. The zero-order chi connectivity index (χ0) is 16.1. The molecule has 2 aliphatic rings. The van der Waals surface area contributed by atoms with Gasteiger partial charge in [0.1, 0.15) is 11.6 Å². The van der Waals surface area contributed by atoms with Gasteiger partial charge < -0.3 is 14.9 Å². The van der Waals surface area contributed by atoms with Gasteiger partial charge in [0.05, 0.1) is 5.92 Å². The van der Waals surface area contributed by atoms with Crippen LogP contribution < -0.4 is 0 Å². The lowest BCUT2D eigenvalue weighted by Gasteiger charge is -2.32. The minimum Gasteiger partial charge on any atom is -0.481 e. The number of piperidine rings is 2. The van der Waals surface area contributed by atoms with Gasteiger partial charge in [-0.05, 0) is 31.6 Å². The molecule has 0 aromatic carbocycles. The maximum Gasteiger partial charge on any atom is 0.306 e. The average molecular weight is 305 g/mol. The van der Waals surface area contributed by atoms with E-state index in [0.29, 0.717) is 31.8 Å². The minimum atomic E-state index is -0.801. The topological polar surface area (TPSA) is 84.6 Å². The van der Waals surface area contributed by atoms with E-state index in [1.165, 1.54) is 6.42 Å². The number of rotatable bonds is 3. The highest BCUT2D eigenvalue weighted by Gasteiger charge is 2.28. The smallest absolute Gasteiger partial charge is 0.306 e. The highest BCUT2D eigenvalue weighted by Crippen LogP contribution is 2.20. The Bertz CT molecular complexity index is 501. The second-order valence-corrected chi connectivity index (χ2v) is 6.30. The first kappa shape index (κ1) is 16.3. The molecule has 0 aromatic heterocycles. The number of hydrogen-bond acceptors (Lipinski definition) is 4. The summed E-state index contributed by atoms with van der Waals surface area (Å²) in [5.74, 6) is -0.872. The Morgan fingerprint density at radius 1 is 1.23 bits per heavy atom. The van der Waals surface area contributed by atoms with Gasteiger partial charge in [-0.3, -0.25) is 9.59 Å². The van der Waals surface area contributed by atoms with Crippen molar-refractivity contribution >= 4 is 11.9 Å². The molecule has 2 saturated heterocycles. The summed E-state index contributed by atoms with van der Waals surface area (Å²) < 4.78 is 0. The van der Waals surface area contributed by atoms with Crippen LogP contribution in [0.1, 0.15) is 32.6 Å². The molecule has 2 rings (SSSR count). The van der Waals surface area contributed by atoms with Crippen molar-refractivity contribution in [2.45, 2.75) is 32.6 Å². The monoisotopic (exact) mass is 305 g/mol. The minimum absolute atomic E-state index is 0.155. The summed E-state index contributed by atoms with van der Waals surface area (Å²) in [5.41, 5.74) is 0.155. The summed E-state index contributed by atoms with van der Waals surface area (Å²) in [4.78, 5) is 27.0. The van der Waals surface area contributed by atoms with E-state index in [1.54, 1.807) is 11.1 Å². The Kier molecular flexibility index (Phi) is 5.42. The lowest BCUT2D eigenvalue weighted by atomic mass is 9.96. The Hall–Kier alpha value is -2.03. The Labute approximate surface area is 131 Å². The van der Waals surface area contributed by atoms with Crippen molar-refractivity contribution in [3.05, 3.63) is 11.8 Å². The summed E-state index contributed by atoms with van der Waals surface area (Å²) in [5, 5.41) is 18.3. The molecule has 6 heteroatoms. The van der Waals surface area contributed by atoms with Crippen molar-refractivity contribution in [1.29, 1.82) is 5.26 Å². The molecule has 1 amide bonds. The van der Waals surface area contributed by atoms with Gasteiger partial charge in [0.25, 0.3) is 5.91 Å². The van der Waals surface area contributed by atoms with Crippen LogP contribution in [0, 0.1) is 23.2 Å². The maximum absolute atomic E-state index is 12.4. The second kappa shape index (κ2) is 7.30. The van der Waals surface area contributed by atoms with Crippen LogP contribution in [0.3, 0.4) is 0 Å². The molecule has 2 aliphatic heterocycles. The average Bonchev–Trinajstić information content (AvgIpc) is 2.52. The zero-order valence-electron chi connectivity index (χ0n) is 13.0. The fourth-order valence-corrected chi connectivity index (χ4v) is 3.16. The van der Waals surface area contributed by atoms with Gasteiger partial charge in [0.2, 0.25) is 0 Å². The summed E-state index contributed by atoms with van der Waals surface area (Å²) in [6.07, 6.45) is 4.86. The molecule has 1 unspecified atom stereocenters. The highest BCUT2D eigenvalue weighted by atomic mass is 16.4. The number of carbonyl (C=O) groups is 2. The molecule has 6 nitrogen and oxygen atoms in total. The number of carboxylic acid groups (broad SMARTS) is 1. The Morgan fingerprint density at radius 2 is 1.91 bits per heavy atom. The van der Waals surface area contributed by atoms with Gasteiger partial charge in [-0.15, -0.1) is 0 Å². The van der Waals surface area contributed by atoms with Crippen molar-refractivity contribution in [1.82, 2.24) is 9.80 Å². The van der Waals surface area contributed by atoms with Gasteiger partial charge in [-0.1, -0.05) is 6.92 Å². The zero-order valence-corrected chi connectivity index (χ0v) is 13.0. The Morgan fingerprint density at radius 3 is 2.45 bits per heavy atom. The van der Waals surface area contributed by atoms with E-state index in [2.05, 4.69) is 11.8 Å². The molecule has 0 spiro atoms. The number of likely N-dealkylation sites (tertiary alicyclic amines) is 2. The SMILES string of the molecule is CC1CCCN(/C=C(/C#N)C(=O)N2CCC(C(=O)O)CC2)C1. The Balaban J connectivity index is 1.97. The van der Waals surface area contributed by atoms with Crippen LogP contribution in [0.2, 0.25) is 0 Å². The van der Waals surface area contributed by atoms with Crippen molar-refractivity contribution in [2.75, 3.05) is 26.2 Å². The van der Waals surface area contributed by atoms with Crippen LogP contribution in [0.25, 0.3) is 0 Å². The molecule has 120 valence electrons. The molecule has 0 bridgehead atoms. The molecule has 0 aromatic rings. The van der Waals surface area contributed by atoms with E-state index < -0.39 is 5.97 Å². The number of hydrogen-bond donors (Lipinski definition) is 1. The quantitative estimate of drug-likeness (QED) is 0.630. The fraction of sp³-hybridized carbons (Fsp3) is 0.688. The number of carboxylic acids is 1. The van der Waals surface area contributed by atoms with Crippen LogP contribution in [-0.4, -0.2) is 53.0 Å². The normalized spacial score (nSPS) is 24.0. The molecule has 2 heterocycles. The molecule has 2 fully saturated rings. The molecule has 0 aliphatic carbocycles. The molecule has 1 atom stereocenters. The van der Waals surface area contributed by atoms with Crippen LogP contribution in [0.5, 0.6) is 0 Å². The lowest BCUT2D eigenvalue weighted by molar-refractivity contribution is -0.145. The van der Waals surface area contributed by atoms with Gasteiger partial charge in [-0.2, -0.15) is 5.26 Å². The predicted octanol–water partition coefficient (Wildman–Crippen LogP) is 1.45. The molecule has 0 saturated carbocycles. The third-order valence-electron chi connectivity index (χ3n) is 4.48. The van der Waals surface area contributed by atoms with Gasteiger partial charge in [0, 0.05) is 32.4 Å². The number of carbonyl (C=O) groups excluding carboxylic acids is 1. The van der Waals surface area contributed by atoms with Crippen LogP contribution in [0.4, 0.5) is 0 Å². The first-order valence-electron chi connectivity index (χ1n) is 7.89. The number of aliphatic carboxylic acids is 1. The summed E-state index contributed by atoms with van der Waals surface area (Å²) >= 11 is 0. The summed E-state index contributed by atoms with van der Waals surface area (Å²) in [6.45, 7) is 4.74. The van der Waals surface area contributed by atoms with Gasteiger partial charge >= 0.3 is 5.97 Å². The standard InChI is InChI=1S/C16H23N3O3/c1-12-3-2-6-18(10-12)11-14(9-17)15(20)19-7-4-13(5-8-19)16(21)22/h11-13H,2-8,10H2,1H3,(H,21,22)/b14-11-. The maximum atomic E-state index is 12.4. The first-order chi connectivity index (χ1) is 10.5. The lowest BCUT2D eigenvalue weighted by Crippen LogP contribution is -2.41. The van der Waals surface area contributed by atoms with Crippen LogP contribution >= 0.6 is 0 Å². The fourth-order valence-electron chi connectivity index (χ4n) is 3.16. The van der Waals surface area contributed by atoms with Crippen molar-refractivity contribution in [3.8, 4) is 6.07 Å². The molecule has 0 radical (unpaired) electrons.